The average Bonchev–Trinajstić information content (AvgIpc) is 3.23. The van der Waals surface area contributed by atoms with E-state index < -0.39 is 0 Å². The highest BCUT2D eigenvalue weighted by molar-refractivity contribution is 6.01. The molecular weight excluding hydrogens is 260 g/mol. The molecule has 104 valence electrons. The maximum Gasteiger partial charge on any atom is 0.161 e. The van der Waals surface area contributed by atoms with Crippen molar-refractivity contribution < 1.29 is 4.79 Å². The number of ketones is 1. The second-order valence-corrected chi connectivity index (χ2v) is 5.71. The minimum Gasteiger partial charge on any atom is -0.298 e. The van der Waals surface area contributed by atoms with Crippen molar-refractivity contribution in [1.82, 2.24) is 9.38 Å². The zero-order valence-electron chi connectivity index (χ0n) is 11.9. The Kier molecular flexibility index (Phi) is 2.67. The molecule has 0 radical (unpaired) electrons. The van der Waals surface area contributed by atoms with Crippen LogP contribution in [0.4, 0.5) is 0 Å². The number of pyridine rings is 1. The maximum atomic E-state index is 12.2. The summed E-state index contributed by atoms with van der Waals surface area (Å²) >= 11 is 0. The van der Waals surface area contributed by atoms with Crippen molar-refractivity contribution in [3.05, 3.63) is 60.0 Å². The lowest BCUT2D eigenvalue weighted by Gasteiger charge is -2.14. The fraction of sp³-hybridized carbons (Fsp3) is 0.222. The highest BCUT2D eigenvalue weighted by Gasteiger charge is 2.28. The molecule has 0 atom stereocenters. The van der Waals surface area contributed by atoms with Crippen LogP contribution in [0, 0.1) is 0 Å². The summed E-state index contributed by atoms with van der Waals surface area (Å²) in [5, 5.41) is 0. The van der Waals surface area contributed by atoms with Gasteiger partial charge in [-0.25, -0.2) is 4.98 Å². The first-order chi connectivity index (χ1) is 10.3. The lowest BCUT2D eigenvalue weighted by Crippen LogP contribution is -2.04. The van der Waals surface area contributed by atoms with Gasteiger partial charge in [0.1, 0.15) is 0 Å². The van der Waals surface area contributed by atoms with Gasteiger partial charge in [0, 0.05) is 5.56 Å². The van der Waals surface area contributed by atoms with Gasteiger partial charge in [0.05, 0.1) is 23.7 Å². The molecule has 3 aromatic rings. The molecule has 3 nitrogen and oxygen atoms in total. The van der Waals surface area contributed by atoms with Gasteiger partial charge < -0.3 is 0 Å². The highest BCUT2D eigenvalue weighted by Crippen LogP contribution is 2.43. The van der Waals surface area contributed by atoms with E-state index in [0.717, 1.165) is 22.3 Å². The maximum absolute atomic E-state index is 12.2. The third-order valence-electron chi connectivity index (χ3n) is 4.17. The Balaban J connectivity index is 2.08. The summed E-state index contributed by atoms with van der Waals surface area (Å²) < 4.78 is 2.07. The summed E-state index contributed by atoms with van der Waals surface area (Å²) in [4.78, 5) is 16.5. The van der Waals surface area contributed by atoms with Crippen LogP contribution in [0.3, 0.4) is 0 Å². The summed E-state index contributed by atoms with van der Waals surface area (Å²) in [6, 6.07) is 12.1. The molecule has 2 heterocycles. The molecule has 2 aromatic heterocycles. The summed E-state index contributed by atoms with van der Waals surface area (Å²) in [6.45, 7) is 1.64. The van der Waals surface area contributed by atoms with Crippen LogP contribution in [-0.4, -0.2) is 15.2 Å². The Bertz CT molecular complexity index is 829. The lowest BCUT2D eigenvalue weighted by atomic mass is 9.98. The van der Waals surface area contributed by atoms with Crippen LogP contribution in [0.2, 0.25) is 0 Å². The second-order valence-electron chi connectivity index (χ2n) is 5.71. The van der Waals surface area contributed by atoms with Crippen LogP contribution in [0.5, 0.6) is 0 Å². The topological polar surface area (TPSA) is 34.4 Å². The first kappa shape index (κ1) is 12.3. The molecule has 1 saturated carbocycles. The monoisotopic (exact) mass is 276 g/mol. The number of nitrogens with zero attached hydrogens (tertiary/aromatic N) is 2. The number of benzene rings is 1. The Hall–Kier alpha value is -2.42. The van der Waals surface area contributed by atoms with Gasteiger partial charge in [-0.05, 0) is 42.9 Å². The van der Waals surface area contributed by atoms with Crippen LogP contribution in [0.15, 0.2) is 48.9 Å². The van der Waals surface area contributed by atoms with E-state index in [4.69, 9.17) is 0 Å². The number of hydrogen-bond acceptors (Lipinski definition) is 2. The smallest absolute Gasteiger partial charge is 0.161 e. The number of fused-ring (bicyclic) bond motifs is 1. The molecule has 1 aromatic carbocycles. The lowest BCUT2D eigenvalue weighted by molar-refractivity contribution is 0.101. The van der Waals surface area contributed by atoms with Crippen molar-refractivity contribution in [3.8, 4) is 11.3 Å². The SMILES string of the molecule is CC(=O)c1cc(C2CC2)c2cncn2c1-c1ccccc1. The first-order valence-corrected chi connectivity index (χ1v) is 7.31. The number of carbonyl (C=O) groups excluding carboxylic acids is 1. The zero-order chi connectivity index (χ0) is 14.4. The molecule has 1 aliphatic rings. The molecule has 0 spiro atoms. The number of imidazole rings is 1. The normalized spacial score (nSPS) is 14.5. The number of aromatic nitrogens is 2. The molecular formula is C18H16N2O. The Morgan fingerprint density at radius 1 is 1.24 bits per heavy atom. The van der Waals surface area contributed by atoms with E-state index in [1.165, 1.54) is 18.4 Å². The van der Waals surface area contributed by atoms with Crippen molar-refractivity contribution in [2.75, 3.05) is 0 Å². The number of hydrogen-bond donors (Lipinski definition) is 0. The molecule has 1 fully saturated rings. The van der Waals surface area contributed by atoms with Crippen molar-refractivity contribution in [1.29, 1.82) is 0 Å². The Morgan fingerprint density at radius 2 is 2.00 bits per heavy atom. The molecule has 0 bridgehead atoms. The van der Waals surface area contributed by atoms with Gasteiger partial charge in [-0.3, -0.25) is 9.20 Å². The minimum absolute atomic E-state index is 0.103. The van der Waals surface area contributed by atoms with Gasteiger partial charge in [-0.1, -0.05) is 30.3 Å². The Labute approximate surface area is 123 Å². The van der Waals surface area contributed by atoms with Crippen LogP contribution in [0.1, 0.15) is 41.6 Å². The third-order valence-corrected chi connectivity index (χ3v) is 4.17. The van der Waals surface area contributed by atoms with Crippen LogP contribution in [-0.2, 0) is 0 Å². The molecule has 3 heteroatoms. The standard InChI is InChI=1S/C18H16N2O/c1-12(21)15-9-16(13-7-8-13)17-10-19-11-20(17)18(15)14-5-3-2-4-6-14/h2-6,9-11,13H,7-8H2,1H3. The van der Waals surface area contributed by atoms with Gasteiger partial charge in [-0.2, -0.15) is 0 Å². The highest BCUT2D eigenvalue weighted by atomic mass is 16.1. The van der Waals surface area contributed by atoms with Gasteiger partial charge in [0.25, 0.3) is 0 Å². The van der Waals surface area contributed by atoms with Crippen LogP contribution < -0.4 is 0 Å². The first-order valence-electron chi connectivity index (χ1n) is 7.31. The fourth-order valence-electron chi connectivity index (χ4n) is 2.99. The zero-order valence-corrected chi connectivity index (χ0v) is 11.9. The van der Waals surface area contributed by atoms with E-state index >= 15 is 0 Å². The molecule has 0 aliphatic heterocycles. The summed E-state index contributed by atoms with van der Waals surface area (Å²) in [5.41, 5.74) is 5.17. The van der Waals surface area contributed by atoms with Crippen molar-refractivity contribution in [3.63, 3.8) is 0 Å². The predicted molar refractivity (Wildman–Crippen MR) is 82.6 cm³/mol. The number of carbonyl (C=O) groups is 1. The van der Waals surface area contributed by atoms with E-state index in [1.54, 1.807) is 6.92 Å². The Morgan fingerprint density at radius 3 is 2.67 bits per heavy atom. The van der Waals surface area contributed by atoms with E-state index in [0.29, 0.717) is 5.92 Å². The largest absolute Gasteiger partial charge is 0.298 e. The van der Waals surface area contributed by atoms with Gasteiger partial charge in [0.2, 0.25) is 0 Å². The van der Waals surface area contributed by atoms with Gasteiger partial charge >= 0.3 is 0 Å². The fourth-order valence-corrected chi connectivity index (χ4v) is 2.99. The summed E-state index contributed by atoms with van der Waals surface area (Å²) in [7, 11) is 0. The molecule has 4 rings (SSSR count). The van der Waals surface area contributed by atoms with E-state index in [2.05, 4.69) is 15.5 Å². The summed E-state index contributed by atoms with van der Waals surface area (Å²) in [6.07, 6.45) is 6.14. The van der Waals surface area contributed by atoms with Crippen LogP contribution >= 0.6 is 0 Å². The van der Waals surface area contributed by atoms with E-state index in [-0.39, 0.29) is 5.78 Å². The van der Waals surface area contributed by atoms with Crippen molar-refractivity contribution in [2.24, 2.45) is 0 Å². The van der Waals surface area contributed by atoms with E-state index in [9.17, 15) is 4.79 Å². The quantitative estimate of drug-likeness (QED) is 0.675. The molecule has 0 saturated heterocycles. The second kappa shape index (κ2) is 4.55. The van der Waals surface area contributed by atoms with Gasteiger partial charge in [-0.15, -0.1) is 0 Å². The number of rotatable bonds is 3. The average molecular weight is 276 g/mol. The predicted octanol–water partition coefficient (Wildman–Crippen LogP) is 4.08. The molecule has 21 heavy (non-hydrogen) atoms. The third kappa shape index (κ3) is 1.97. The molecule has 0 N–H and O–H groups in total. The molecule has 0 amide bonds. The molecule has 0 unspecified atom stereocenters. The molecule has 1 aliphatic carbocycles. The van der Waals surface area contributed by atoms with Gasteiger partial charge in [0.15, 0.2) is 5.78 Å². The van der Waals surface area contributed by atoms with E-state index in [1.807, 2.05) is 42.9 Å². The number of Topliss-reactive ketones (excluding diaryl/α,β-unsaturated/α-hetero) is 1. The minimum atomic E-state index is 0.103. The summed E-state index contributed by atoms with van der Waals surface area (Å²) in [5.74, 6) is 0.693. The van der Waals surface area contributed by atoms with Crippen molar-refractivity contribution in [2.45, 2.75) is 25.7 Å². The van der Waals surface area contributed by atoms with Crippen molar-refractivity contribution >= 4 is 11.3 Å². The van der Waals surface area contributed by atoms with Crippen LogP contribution in [0.25, 0.3) is 16.8 Å².